The summed E-state index contributed by atoms with van der Waals surface area (Å²) in [4.78, 5) is 38.4. The first-order valence-electron chi connectivity index (χ1n) is 10.4. The van der Waals surface area contributed by atoms with Crippen molar-refractivity contribution in [3.05, 3.63) is 65.1 Å². The Morgan fingerprint density at radius 3 is 2.31 bits per heavy atom. The van der Waals surface area contributed by atoms with Gasteiger partial charge in [0.1, 0.15) is 11.7 Å². The van der Waals surface area contributed by atoms with Crippen LogP contribution in [0, 0.1) is 5.21 Å². The lowest BCUT2D eigenvalue weighted by atomic mass is 10.1. The molecule has 0 spiro atoms. The number of carbonyl (C=O) groups excluding carboxylic acids is 3. The minimum atomic E-state index is -0.552. The molecule has 32 heavy (non-hydrogen) atoms. The average molecular weight is 441 g/mol. The van der Waals surface area contributed by atoms with Crippen molar-refractivity contribution in [2.45, 2.75) is 45.3 Å². The molecule has 170 valence electrons. The second-order valence-corrected chi connectivity index (χ2v) is 8.52. The first-order chi connectivity index (χ1) is 15.1. The van der Waals surface area contributed by atoms with Crippen LogP contribution in [0.25, 0.3) is 0 Å². The van der Waals surface area contributed by atoms with Crippen LogP contribution in [0.1, 0.15) is 54.5 Å². The molecule has 0 unspecified atom stereocenters. The van der Waals surface area contributed by atoms with E-state index in [1.165, 1.54) is 18.3 Å². The Labute approximate surface area is 186 Å². The number of hydrogen-bond donors (Lipinski definition) is 1. The van der Waals surface area contributed by atoms with Crippen LogP contribution < -0.4 is 10.0 Å². The summed E-state index contributed by atoms with van der Waals surface area (Å²) in [5.74, 6) is -1.02. The molecule has 1 aromatic heterocycles. The van der Waals surface area contributed by atoms with Crippen molar-refractivity contribution in [3.63, 3.8) is 0 Å². The van der Waals surface area contributed by atoms with Gasteiger partial charge in [-0.2, -0.15) is 4.73 Å². The topological polar surface area (TPSA) is 112 Å². The molecular formula is C23H27N3O6. The number of amides is 2. The van der Waals surface area contributed by atoms with E-state index in [0.29, 0.717) is 41.9 Å². The van der Waals surface area contributed by atoms with E-state index in [-0.39, 0.29) is 17.9 Å². The van der Waals surface area contributed by atoms with Crippen LogP contribution in [-0.2, 0) is 9.47 Å². The van der Waals surface area contributed by atoms with Crippen LogP contribution >= 0.6 is 0 Å². The number of benzene rings is 1. The smallest absolute Gasteiger partial charge is 0.410 e. The molecule has 9 nitrogen and oxygen atoms in total. The number of carbonyl (C=O) groups is 3. The van der Waals surface area contributed by atoms with Crippen LogP contribution in [-0.4, -0.2) is 47.7 Å². The fourth-order valence-corrected chi connectivity index (χ4v) is 3.19. The molecule has 0 atom stereocenters. The van der Waals surface area contributed by atoms with Gasteiger partial charge in [0.15, 0.2) is 6.20 Å². The van der Waals surface area contributed by atoms with Gasteiger partial charge in [0.2, 0.25) is 0 Å². The predicted molar refractivity (Wildman–Crippen MR) is 116 cm³/mol. The normalized spacial score (nSPS) is 14.5. The van der Waals surface area contributed by atoms with Gasteiger partial charge in [0, 0.05) is 43.8 Å². The highest BCUT2D eigenvalue weighted by Gasteiger charge is 2.28. The minimum absolute atomic E-state index is 0.0336. The Bertz CT molecular complexity index is 976. The quantitative estimate of drug-likeness (QED) is 0.443. The summed E-state index contributed by atoms with van der Waals surface area (Å²) in [5.41, 5.74) is 0.203. The van der Waals surface area contributed by atoms with E-state index >= 15 is 0 Å². The van der Waals surface area contributed by atoms with E-state index in [1.807, 2.05) is 20.8 Å². The number of ether oxygens (including phenoxy) is 2. The number of aromatic nitrogens is 1. The highest BCUT2D eigenvalue weighted by molar-refractivity contribution is 6.02. The molecule has 2 heterocycles. The van der Waals surface area contributed by atoms with Crippen molar-refractivity contribution in [1.82, 2.24) is 4.90 Å². The Balaban J connectivity index is 1.50. The second-order valence-electron chi connectivity index (χ2n) is 8.52. The third-order valence-corrected chi connectivity index (χ3v) is 4.80. The molecule has 1 saturated heterocycles. The van der Waals surface area contributed by atoms with Gasteiger partial charge in [-0.1, -0.05) is 0 Å². The maximum atomic E-state index is 12.5. The lowest BCUT2D eigenvalue weighted by Crippen LogP contribution is -2.43. The molecule has 0 radical (unpaired) electrons. The van der Waals surface area contributed by atoms with Gasteiger partial charge in [-0.15, -0.1) is 0 Å². The number of piperidine rings is 1. The Kier molecular flexibility index (Phi) is 6.97. The number of nitrogens with one attached hydrogen (secondary N) is 1. The van der Waals surface area contributed by atoms with Crippen LogP contribution in [0.15, 0.2) is 48.7 Å². The maximum Gasteiger partial charge on any atom is 0.410 e. The van der Waals surface area contributed by atoms with Crippen LogP contribution in [0.2, 0.25) is 0 Å². The number of rotatable bonds is 4. The van der Waals surface area contributed by atoms with Gasteiger partial charge >= 0.3 is 18.0 Å². The second kappa shape index (κ2) is 9.67. The lowest BCUT2D eigenvalue weighted by Gasteiger charge is -2.33. The largest absolute Gasteiger partial charge is 0.618 e. The molecular weight excluding hydrogens is 414 g/mol. The zero-order chi connectivity index (χ0) is 23.3. The van der Waals surface area contributed by atoms with Crippen molar-refractivity contribution >= 4 is 23.7 Å². The summed E-state index contributed by atoms with van der Waals surface area (Å²) in [7, 11) is 0. The van der Waals surface area contributed by atoms with Gasteiger partial charge in [0.25, 0.3) is 5.69 Å². The summed E-state index contributed by atoms with van der Waals surface area (Å²) in [6, 6.07) is 10.8. The zero-order valence-corrected chi connectivity index (χ0v) is 18.4. The Hall–Kier alpha value is -3.62. The van der Waals surface area contributed by atoms with E-state index in [1.54, 1.807) is 35.2 Å². The molecule has 2 aromatic rings. The Morgan fingerprint density at radius 1 is 1.06 bits per heavy atom. The molecule has 0 bridgehead atoms. The minimum Gasteiger partial charge on any atom is -0.618 e. The van der Waals surface area contributed by atoms with E-state index in [2.05, 4.69) is 5.32 Å². The zero-order valence-electron chi connectivity index (χ0n) is 18.4. The number of esters is 1. The summed E-state index contributed by atoms with van der Waals surface area (Å²) >= 11 is 0. The SMILES string of the molecule is CC(C)(C)OC(=O)N1CCC(OC(=O)c2ccc(NC(=O)c3cccc[n+]3[O-])cc2)CC1. The van der Waals surface area contributed by atoms with E-state index < -0.39 is 17.5 Å². The van der Waals surface area contributed by atoms with Crippen molar-refractivity contribution in [2.75, 3.05) is 18.4 Å². The summed E-state index contributed by atoms with van der Waals surface area (Å²) < 4.78 is 11.4. The van der Waals surface area contributed by atoms with E-state index in [9.17, 15) is 19.6 Å². The fraction of sp³-hybridized carbons (Fsp3) is 0.391. The number of hydrogen-bond acceptors (Lipinski definition) is 6. The Morgan fingerprint density at radius 2 is 1.72 bits per heavy atom. The number of nitrogens with zero attached hydrogens (tertiary/aromatic N) is 2. The highest BCUT2D eigenvalue weighted by atomic mass is 16.6. The van der Waals surface area contributed by atoms with Gasteiger partial charge in [-0.3, -0.25) is 4.79 Å². The molecule has 3 rings (SSSR count). The van der Waals surface area contributed by atoms with Gasteiger partial charge < -0.3 is 24.9 Å². The molecule has 1 N–H and O–H groups in total. The first-order valence-corrected chi connectivity index (χ1v) is 10.4. The van der Waals surface area contributed by atoms with Crippen molar-refractivity contribution in [3.8, 4) is 0 Å². The highest BCUT2D eigenvalue weighted by Crippen LogP contribution is 2.19. The summed E-state index contributed by atoms with van der Waals surface area (Å²) in [5, 5.41) is 14.3. The standard InChI is InChI=1S/C23H27N3O6/c1-23(2,3)32-22(29)25-14-11-18(12-15-25)31-21(28)16-7-9-17(10-8-16)24-20(27)19-6-4-5-13-26(19)30/h4-10,13,18H,11-12,14-15H2,1-3H3,(H,24,27). The van der Waals surface area contributed by atoms with Crippen LogP contribution in [0.4, 0.5) is 10.5 Å². The monoisotopic (exact) mass is 441 g/mol. The third-order valence-electron chi connectivity index (χ3n) is 4.80. The maximum absolute atomic E-state index is 12.5. The molecule has 0 saturated carbocycles. The predicted octanol–water partition coefficient (Wildman–Crippen LogP) is 3.13. The average Bonchev–Trinajstić information content (AvgIpc) is 2.73. The van der Waals surface area contributed by atoms with E-state index in [0.717, 1.165) is 0 Å². The molecule has 1 aliphatic heterocycles. The molecule has 0 aliphatic carbocycles. The first kappa shape index (κ1) is 23.1. The molecule has 1 aromatic carbocycles. The van der Waals surface area contributed by atoms with Crippen molar-refractivity contribution in [1.29, 1.82) is 0 Å². The lowest BCUT2D eigenvalue weighted by molar-refractivity contribution is -0.607. The van der Waals surface area contributed by atoms with E-state index in [4.69, 9.17) is 9.47 Å². The van der Waals surface area contributed by atoms with Crippen LogP contribution in [0.5, 0.6) is 0 Å². The molecule has 1 aliphatic rings. The fourth-order valence-electron chi connectivity index (χ4n) is 3.19. The summed E-state index contributed by atoms with van der Waals surface area (Å²) in [6.45, 7) is 6.36. The molecule has 1 fully saturated rings. The number of likely N-dealkylation sites (tertiary alicyclic amines) is 1. The van der Waals surface area contributed by atoms with Gasteiger partial charge in [-0.25, -0.2) is 9.59 Å². The van der Waals surface area contributed by atoms with Crippen molar-refractivity contribution in [2.24, 2.45) is 0 Å². The van der Waals surface area contributed by atoms with Gasteiger partial charge in [0.05, 0.1) is 5.56 Å². The number of anilines is 1. The van der Waals surface area contributed by atoms with Crippen LogP contribution in [0.3, 0.4) is 0 Å². The molecule has 9 heteroatoms. The number of pyridine rings is 1. The van der Waals surface area contributed by atoms with Crippen molar-refractivity contribution < 1.29 is 28.6 Å². The summed E-state index contributed by atoms with van der Waals surface area (Å²) in [6.07, 6.45) is 1.66. The van der Waals surface area contributed by atoms with Gasteiger partial charge in [-0.05, 0) is 51.1 Å². The molecule has 2 amide bonds. The third kappa shape index (κ3) is 6.19.